The average Bonchev–Trinajstić information content (AvgIpc) is 2.47. The zero-order chi connectivity index (χ0) is 17.3. The summed E-state index contributed by atoms with van der Waals surface area (Å²) in [7, 11) is 0. The number of hydrogen-bond donors (Lipinski definition) is 0. The number of rotatable bonds is 9. The molecule has 0 fully saturated rings. The van der Waals surface area contributed by atoms with Gasteiger partial charge in [0.25, 0.3) is 0 Å². The largest absolute Gasteiger partial charge is 0.457 e. The van der Waals surface area contributed by atoms with Gasteiger partial charge in [-0.25, -0.2) is 4.79 Å². The Kier molecular flexibility index (Phi) is 7.31. The van der Waals surface area contributed by atoms with E-state index in [1.807, 2.05) is 0 Å². The minimum absolute atomic E-state index is 0.236. The van der Waals surface area contributed by atoms with E-state index < -0.39 is 23.7 Å². The third-order valence-corrected chi connectivity index (χ3v) is 2.94. The third-order valence-electron chi connectivity index (χ3n) is 2.94. The molecule has 1 heterocycles. The van der Waals surface area contributed by atoms with E-state index in [0.29, 0.717) is 6.42 Å². The first-order valence-corrected chi connectivity index (χ1v) is 7.37. The van der Waals surface area contributed by atoms with Crippen molar-refractivity contribution in [1.29, 1.82) is 0 Å². The van der Waals surface area contributed by atoms with Crippen molar-refractivity contribution in [2.24, 2.45) is 0 Å². The fourth-order valence-corrected chi connectivity index (χ4v) is 1.91. The highest BCUT2D eigenvalue weighted by molar-refractivity contribution is 5.83. The predicted molar refractivity (Wildman–Crippen MR) is 79.9 cm³/mol. The Hall–Kier alpha value is -2.31. The molecular weight excluding hydrogens is 304 g/mol. The van der Waals surface area contributed by atoms with E-state index in [-0.39, 0.29) is 25.4 Å². The fourth-order valence-electron chi connectivity index (χ4n) is 1.91. The minimum atomic E-state index is -1.64. The van der Waals surface area contributed by atoms with Gasteiger partial charge in [-0.15, -0.1) is 6.58 Å². The Morgan fingerprint density at radius 1 is 1.26 bits per heavy atom. The van der Waals surface area contributed by atoms with Gasteiger partial charge < -0.3 is 18.9 Å². The standard InChI is InChI=1S/C16H22O7/c1-4-5-6-7-8-14(18)21-11-16(10-20-13(3)17)22-12(2)9-15(19)23-16/h4,9H,1,5-8,10-11H2,2-3H3. The zero-order valence-electron chi connectivity index (χ0n) is 13.5. The summed E-state index contributed by atoms with van der Waals surface area (Å²) in [6.45, 7) is 5.67. The van der Waals surface area contributed by atoms with Gasteiger partial charge in [0, 0.05) is 13.3 Å². The summed E-state index contributed by atoms with van der Waals surface area (Å²) in [5.74, 6) is -3.01. The summed E-state index contributed by atoms with van der Waals surface area (Å²) in [5.41, 5.74) is 0. The number of ether oxygens (including phenoxy) is 4. The van der Waals surface area contributed by atoms with Crippen molar-refractivity contribution in [3.05, 3.63) is 24.5 Å². The molecule has 1 atom stereocenters. The molecule has 0 aromatic carbocycles. The van der Waals surface area contributed by atoms with Crippen molar-refractivity contribution in [2.75, 3.05) is 13.2 Å². The second-order valence-electron chi connectivity index (χ2n) is 5.16. The molecule has 7 nitrogen and oxygen atoms in total. The lowest BCUT2D eigenvalue weighted by Crippen LogP contribution is -2.49. The molecule has 1 aliphatic heterocycles. The summed E-state index contributed by atoms with van der Waals surface area (Å²) in [5, 5.41) is 0. The maximum atomic E-state index is 11.7. The molecule has 0 aromatic heterocycles. The fraction of sp³-hybridized carbons (Fsp3) is 0.562. The molecule has 0 spiro atoms. The van der Waals surface area contributed by atoms with Gasteiger partial charge in [0.1, 0.15) is 5.76 Å². The normalized spacial score (nSPS) is 19.9. The van der Waals surface area contributed by atoms with Gasteiger partial charge in [0.15, 0.2) is 13.2 Å². The van der Waals surface area contributed by atoms with Crippen molar-refractivity contribution in [1.82, 2.24) is 0 Å². The van der Waals surface area contributed by atoms with Crippen LogP contribution in [0.1, 0.15) is 39.5 Å². The first kappa shape index (κ1) is 18.7. The van der Waals surface area contributed by atoms with E-state index in [4.69, 9.17) is 18.9 Å². The number of allylic oxidation sites excluding steroid dienone is 2. The second-order valence-corrected chi connectivity index (χ2v) is 5.16. The molecule has 0 aromatic rings. The van der Waals surface area contributed by atoms with Crippen molar-refractivity contribution in [3.8, 4) is 0 Å². The van der Waals surface area contributed by atoms with E-state index in [1.54, 1.807) is 13.0 Å². The lowest BCUT2D eigenvalue weighted by atomic mass is 10.2. The average molecular weight is 326 g/mol. The molecule has 7 heteroatoms. The quantitative estimate of drug-likeness (QED) is 0.277. The van der Waals surface area contributed by atoms with Crippen molar-refractivity contribution in [2.45, 2.75) is 45.3 Å². The van der Waals surface area contributed by atoms with Gasteiger partial charge in [0.2, 0.25) is 0 Å². The minimum Gasteiger partial charge on any atom is -0.457 e. The Morgan fingerprint density at radius 3 is 2.57 bits per heavy atom. The zero-order valence-corrected chi connectivity index (χ0v) is 13.5. The summed E-state index contributed by atoms with van der Waals surface area (Å²) in [6.07, 6.45) is 5.51. The van der Waals surface area contributed by atoms with Crippen LogP contribution in [-0.2, 0) is 33.3 Å². The molecule has 1 aliphatic rings. The highest BCUT2D eigenvalue weighted by atomic mass is 16.8. The van der Waals surface area contributed by atoms with Crippen LogP contribution in [0.3, 0.4) is 0 Å². The molecule has 23 heavy (non-hydrogen) atoms. The molecule has 1 rings (SSSR count). The van der Waals surface area contributed by atoms with E-state index in [9.17, 15) is 14.4 Å². The molecule has 0 amide bonds. The topological polar surface area (TPSA) is 88.1 Å². The van der Waals surface area contributed by atoms with Gasteiger partial charge in [-0.1, -0.05) is 6.08 Å². The van der Waals surface area contributed by atoms with Crippen LogP contribution < -0.4 is 0 Å². The van der Waals surface area contributed by atoms with Gasteiger partial charge in [-0.3, -0.25) is 9.59 Å². The molecular formula is C16H22O7. The summed E-state index contributed by atoms with van der Waals surface area (Å²) in [6, 6.07) is 0. The number of cyclic esters (lactones) is 1. The Bertz CT molecular complexity index is 495. The molecule has 0 aliphatic carbocycles. The molecule has 1 unspecified atom stereocenters. The Balaban J connectivity index is 2.58. The molecule has 0 saturated heterocycles. The molecule has 0 radical (unpaired) electrons. The first-order chi connectivity index (χ1) is 10.9. The Labute approximate surface area is 135 Å². The van der Waals surface area contributed by atoms with E-state index in [0.717, 1.165) is 18.9 Å². The lowest BCUT2D eigenvalue weighted by Gasteiger charge is -2.34. The number of carbonyl (C=O) groups excluding carboxylic acids is 3. The summed E-state index contributed by atoms with van der Waals surface area (Å²) in [4.78, 5) is 34.3. The van der Waals surface area contributed by atoms with Gasteiger partial charge >= 0.3 is 23.7 Å². The van der Waals surface area contributed by atoms with Gasteiger partial charge in [0.05, 0.1) is 6.08 Å². The Morgan fingerprint density at radius 2 is 1.96 bits per heavy atom. The highest BCUT2D eigenvalue weighted by Crippen LogP contribution is 2.24. The number of esters is 3. The maximum Gasteiger partial charge on any atom is 0.337 e. The van der Waals surface area contributed by atoms with Crippen LogP contribution in [0.2, 0.25) is 0 Å². The highest BCUT2D eigenvalue weighted by Gasteiger charge is 2.42. The van der Waals surface area contributed by atoms with Crippen molar-refractivity contribution < 1.29 is 33.3 Å². The number of hydrogen-bond acceptors (Lipinski definition) is 7. The van der Waals surface area contributed by atoms with Crippen molar-refractivity contribution >= 4 is 17.9 Å². The smallest absolute Gasteiger partial charge is 0.337 e. The van der Waals surface area contributed by atoms with Crippen LogP contribution in [0.15, 0.2) is 24.5 Å². The lowest BCUT2D eigenvalue weighted by molar-refractivity contribution is -0.255. The van der Waals surface area contributed by atoms with Crippen LogP contribution in [0.4, 0.5) is 0 Å². The monoisotopic (exact) mass is 326 g/mol. The molecule has 0 saturated carbocycles. The molecule has 0 bridgehead atoms. The number of unbranched alkanes of at least 4 members (excludes halogenated alkanes) is 2. The maximum absolute atomic E-state index is 11.7. The summed E-state index contributed by atoms with van der Waals surface area (Å²) >= 11 is 0. The van der Waals surface area contributed by atoms with Crippen LogP contribution in [0, 0.1) is 0 Å². The van der Waals surface area contributed by atoms with Crippen LogP contribution in [0.5, 0.6) is 0 Å². The van der Waals surface area contributed by atoms with Gasteiger partial charge in [-0.05, 0) is 26.2 Å². The van der Waals surface area contributed by atoms with Crippen LogP contribution >= 0.6 is 0 Å². The second kappa shape index (κ2) is 8.97. The predicted octanol–water partition coefficient (Wildman–Crippen LogP) is 2.01. The number of carbonyl (C=O) groups is 3. The van der Waals surface area contributed by atoms with Crippen LogP contribution in [0.25, 0.3) is 0 Å². The third kappa shape index (κ3) is 6.99. The SMILES string of the molecule is C=CCCCCC(=O)OCC1(COC(C)=O)OC(=O)C=C(C)O1. The van der Waals surface area contributed by atoms with Crippen molar-refractivity contribution in [3.63, 3.8) is 0 Å². The van der Waals surface area contributed by atoms with E-state index >= 15 is 0 Å². The van der Waals surface area contributed by atoms with Crippen LogP contribution in [-0.4, -0.2) is 36.9 Å². The summed E-state index contributed by atoms with van der Waals surface area (Å²) < 4.78 is 20.5. The van der Waals surface area contributed by atoms with E-state index in [1.165, 1.54) is 6.92 Å². The van der Waals surface area contributed by atoms with E-state index in [2.05, 4.69) is 6.58 Å². The molecule has 128 valence electrons. The van der Waals surface area contributed by atoms with Gasteiger partial charge in [-0.2, -0.15) is 0 Å². The first-order valence-electron chi connectivity index (χ1n) is 7.37. The molecule has 0 N–H and O–H groups in total.